The summed E-state index contributed by atoms with van der Waals surface area (Å²) in [5, 5.41) is 5.51. The first-order chi connectivity index (χ1) is 12.5. The van der Waals surface area contributed by atoms with Crippen molar-refractivity contribution in [2.75, 3.05) is 27.2 Å². The molecular formula is C20H25N5O. The first-order valence-corrected chi connectivity index (χ1v) is 9.05. The molecule has 1 aliphatic heterocycles. The number of fused-ring (bicyclic) bond motifs is 2. The van der Waals surface area contributed by atoms with E-state index in [2.05, 4.69) is 34.8 Å². The highest BCUT2D eigenvalue weighted by Crippen LogP contribution is 2.27. The van der Waals surface area contributed by atoms with Gasteiger partial charge in [-0.05, 0) is 39.2 Å². The summed E-state index contributed by atoms with van der Waals surface area (Å²) in [4.78, 5) is 17.5. The molecule has 2 aromatic heterocycles. The highest BCUT2D eigenvalue weighted by Gasteiger charge is 2.30. The lowest BCUT2D eigenvalue weighted by Crippen LogP contribution is -2.42. The maximum Gasteiger partial charge on any atom is 0.256 e. The van der Waals surface area contributed by atoms with E-state index in [1.165, 1.54) is 0 Å². The van der Waals surface area contributed by atoms with E-state index in [-0.39, 0.29) is 11.9 Å². The van der Waals surface area contributed by atoms with Crippen molar-refractivity contribution >= 4 is 16.8 Å². The van der Waals surface area contributed by atoms with Crippen molar-refractivity contribution in [2.24, 2.45) is 7.05 Å². The highest BCUT2D eigenvalue weighted by molar-refractivity contribution is 6.07. The molecule has 0 unspecified atom stereocenters. The SMILES string of the molecule is CN(C)CC[C@H]1CN(C(=O)c2cn(C)c3ccccc23)Cc2ccnn21. The smallest absolute Gasteiger partial charge is 0.256 e. The van der Waals surface area contributed by atoms with Crippen molar-refractivity contribution in [1.82, 2.24) is 24.1 Å². The molecule has 1 aliphatic rings. The van der Waals surface area contributed by atoms with Crippen LogP contribution in [0.3, 0.4) is 0 Å². The molecule has 0 saturated heterocycles. The van der Waals surface area contributed by atoms with Crippen molar-refractivity contribution in [3.8, 4) is 0 Å². The van der Waals surface area contributed by atoms with Gasteiger partial charge in [0.15, 0.2) is 0 Å². The fourth-order valence-corrected chi connectivity index (χ4v) is 3.85. The topological polar surface area (TPSA) is 46.3 Å². The minimum Gasteiger partial charge on any atom is -0.350 e. The second-order valence-electron chi connectivity index (χ2n) is 7.37. The number of amides is 1. The van der Waals surface area contributed by atoms with E-state index in [4.69, 9.17) is 0 Å². The van der Waals surface area contributed by atoms with E-state index in [9.17, 15) is 4.79 Å². The summed E-state index contributed by atoms with van der Waals surface area (Å²) in [6.07, 6.45) is 4.76. The van der Waals surface area contributed by atoms with Gasteiger partial charge in [0, 0.05) is 36.9 Å². The Kier molecular flexibility index (Phi) is 4.28. The Hall–Kier alpha value is -2.60. The molecule has 26 heavy (non-hydrogen) atoms. The molecule has 0 saturated carbocycles. The molecule has 4 rings (SSSR count). The third-order valence-corrected chi connectivity index (χ3v) is 5.21. The van der Waals surface area contributed by atoms with E-state index in [0.29, 0.717) is 13.1 Å². The molecule has 6 heteroatoms. The first kappa shape index (κ1) is 16.8. The van der Waals surface area contributed by atoms with Gasteiger partial charge in [-0.1, -0.05) is 18.2 Å². The maximum atomic E-state index is 13.3. The summed E-state index contributed by atoms with van der Waals surface area (Å²) in [5.41, 5.74) is 2.97. The van der Waals surface area contributed by atoms with Crippen molar-refractivity contribution in [2.45, 2.75) is 19.0 Å². The lowest BCUT2D eigenvalue weighted by Gasteiger charge is -2.34. The van der Waals surface area contributed by atoms with Gasteiger partial charge < -0.3 is 14.4 Å². The molecule has 3 heterocycles. The Balaban J connectivity index is 1.64. The summed E-state index contributed by atoms with van der Waals surface area (Å²) < 4.78 is 4.12. The Morgan fingerprint density at radius 3 is 2.88 bits per heavy atom. The zero-order chi connectivity index (χ0) is 18.3. The summed E-state index contributed by atoms with van der Waals surface area (Å²) in [6.45, 7) is 2.28. The van der Waals surface area contributed by atoms with E-state index < -0.39 is 0 Å². The maximum absolute atomic E-state index is 13.3. The van der Waals surface area contributed by atoms with Crippen LogP contribution in [-0.4, -0.2) is 57.2 Å². The van der Waals surface area contributed by atoms with Crippen LogP contribution in [0.5, 0.6) is 0 Å². The molecule has 0 bridgehead atoms. The van der Waals surface area contributed by atoms with Crippen LogP contribution in [0.1, 0.15) is 28.5 Å². The van der Waals surface area contributed by atoms with Crippen LogP contribution in [0.15, 0.2) is 42.7 Å². The minimum atomic E-state index is 0.101. The predicted molar refractivity (Wildman–Crippen MR) is 102 cm³/mol. The Bertz CT molecular complexity index is 939. The van der Waals surface area contributed by atoms with Gasteiger partial charge in [-0.25, -0.2) is 0 Å². The largest absolute Gasteiger partial charge is 0.350 e. The van der Waals surface area contributed by atoms with Gasteiger partial charge in [0.1, 0.15) is 0 Å². The summed E-state index contributed by atoms with van der Waals surface area (Å²) in [7, 11) is 6.14. The average molecular weight is 351 g/mol. The molecule has 0 radical (unpaired) electrons. The van der Waals surface area contributed by atoms with Gasteiger partial charge in [0.05, 0.1) is 23.8 Å². The average Bonchev–Trinajstić information content (AvgIpc) is 3.24. The zero-order valence-electron chi connectivity index (χ0n) is 15.6. The summed E-state index contributed by atoms with van der Waals surface area (Å²) in [5.74, 6) is 0.101. The van der Waals surface area contributed by atoms with Crippen LogP contribution in [0, 0.1) is 0 Å². The fraction of sp³-hybridized carbons (Fsp3) is 0.400. The number of hydrogen-bond donors (Lipinski definition) is 0. The van der Waals surface area contributed by atoms with Crippen LogP contribution in [-0.2, 0) is 13.6 Å². The van der Waals surface area contributed by atoms with Crippen LogP contribution in [0.25, 0.3) is 10.9 Å². The van der Waals surface area contributed by atoms with Crippen molar-refractivity contribution in [3.05, 3.63) is 54.0 Å². The molecular weight excluding hydrogens is 326 g/mol. The summed E-state index contributed by atoms with van der Waals surface area (Å²) in [6, 6.07) is 10.3. The van der Waals surface area contributed by atoms with Crippen molar-refractivity contribution in [3.63, 3.8) is 0 Å². The standard InChI is InChI=1S/C20H25N5O/c1-22(2)11-9-16-13-24(12-15-8-10-21-25(15)16)20(26)18-14-23(3)19-7-5-4-6-17(18)19/h4-8,10,14,16H,9,11-13H2,1-3H3/t16-/m0/s1. The van der Waals surface area contributed by atoms with Gasteiger partial charge in [-0.15, -0.1) is 0 Å². The number of carbonyl (C=O) groups is 1. The monoisotopic (exact) mass is 351 g/mol. The molecule has 0 fully saturated rings. The third-order valence-electron chi connectivity index (χ3n) is 5.21. The Labute approximate surface area is 153 Å². The summed E-state index contributed by atoms with van der Waals surface area (Å²) >= 11 is 0. The second kappa shape index (κ2) is 6.61. The second-order valence-corrected chi connectivity index (χ2v) is 7.37. The van der Waals surface area contributed by atoms with Crippen LogP contribution < -0.4 is 0 Å². The van der Waals surface area contributed by atoms with Crippen LogP contribution in [0.2, 0.25) is 0 Å². The molecule has 1 amide bonds. The number of carbonyl (C=O) groups excluding carboxylic acids is 1. The Morgan fingerprint density at radius 1 is 1.27 bits per heavy atom. The van der Waals surface area contributed by atoms with Gasteiger partial charge in [0.2, 0.25) is 0 Å². The minimum absolute atomic E-state index is 0.101. The molecule has 1 aromatic carbocycles. The van der Waals surface area contributed by atoms with Gasteiger partial charge in [0.25, 0.3) is 5.91 Å². The predicted octanol–water partition coefficient (Wildman–Crippen LogP) is 2.52. The fourth-order valence-electron chi connectivity index (χ4n) is 3.85. The molecule has 6 nitrogen and oxygen atoms in total. The molecule has 3 aromatic rings. The van der Waals surface area contributed by atoms with E-state index in [1.54, 1.807) is 0 Å². The Morgan fingerprint density at radius 2 is 2.08 bits per heavy atom. The van der Waals surface area contributed by atoms with E-state index >= 15 is 0 Å². The number of benzene rings is 1. The normalized spacial score (nSPS) is 17.1. The molecule has 0 N–H and O–H groups in total. The first-order valence-electron chi connectivity index (χ1n) is 9.05. The van der Waals surface area contributed by atoms with Gasteiger partial charge >= 0.3 is 0 Å². The lowest BCUT2D eigenvalue weighted by atomic mass is 10.1. The quantitative estimate of drug-likeness (QED) is 0.726. The number of rotatable bonds is 4. The van der Waals surface area contributed by atoms with Gasteiger partial charge in [-0.2, -0.15) is 5.10 Å². The van der Waals surface area contributed by atoms with Crippen molar-refractivity contribution < 1.29 is 4.79 Å². The lowest BCUT2D eigenvalue weighted by molar-refractivity contribution is 0.0661. The van der Waals surface area contributed by atoms with Gasteiger partial charge in [-0.3, -0.25) is 9.48 Å². The number of aromatic nitrogens is 3. The number of aryl methyl sites for hydroxylation is 1. The van der Waals surface area contributed by atoms with E-state index in [0.717, 1.165) is 35.1 Å². The third kappa shape index (κ3) is 2.90. The zero-order valence-corrected chi connectivity index (χ0v) is 15.6. The number of para-hydroxylation sites is 1. The highest BCUT2D eigenvalue weighted by atomic mass is 16.2. The molecule has 136 valence electrons. The molecule has 0 spiro atoms. The van der Waals surface area contributed by atoms with E-state index in [1.807, 2.05) is 53.2 Å². The number of nitrogens with zero attached hydrogens (tertiary/aromatic N) is 5. The number of hydrogen-bond acceptors (Lipinski definition) is 3. The van der Waals surface area contributed by atoms with Crippen LogP contribution >= 0.6 is 0 Å². The molecule has 0 aliphatic carbocycles. The molecule has 1 atom stereocenters. The van der Waals surface area contributed by atoms with Crippen molar-refractivity contribution in [1.29, 1.82) is 0 Å². The van der Waals surface area contributed by atoms with Crippen LogP contribution in [0.4, 0.5) is 0 Å².